The van der Waals surface area contributed by atoms with Crippen molar-refractivity contribution in [2.24, 2.45) is 5.92 Å². The summed E-state index contributed by atoms with van der Waals surface area (Å²) in [7, 11) is 0. The van der Waals surface area contributed by atoms with Gasteiger partial charge in [0.15, 0.2) is 6.10 Å². The van der Waals surface area contributed by atoms with Gasteiger partial charge in [-0.3, -0.25) is 4.79 Å². The SMILES string of the molecule is CC1CCN(C(=O)C(C)OC(=O)c2ccccc2Br)CC1. The third kappa shape index (κ3) is 4.06. The third-order valence-electron chi connectivity index (χ3n) is 3.82. The Labute approximate surface area is 133 Å². The van der Waals surface area contributed by atoms with E-state index in [0.717, 1.165) is 25.9 Å². The molecule has 2 rings (SSSR count). The lowest BCUT2D eigenvalue weighted by Crippen LogP contribution is -2.44. The molecule has 1 atom stereocenters. The summed E-state index contributed by atoms with van der Waals surface area (Å²) in [5.74, 6) is 0.0724. The fourth-order valence-electron chi connectivity index (χ4n) is 2.39. The predicted octanol–water partition coefficient (Wildman–Crippen LogP) is 3.25. The molecule has 0 bridgehead atoms. The van der Waals surface area contributed by atoms with Crippen molar-refractivity contribution in [2.75, 3.05) is 13.1 Å². The minimum absolute atomic E-state index is 0.109. The Kier molecular flexibility index (Phi) is 5.39. The van der Waals surface area contributed by atoms with Crippen molar-refractivity contribution in [2.45, 2.75) is 32.8 Å². The van der Waals surface area contributed by atoms with Gasteiger partial charge in [-0.1, -0.05) is 19.1 Å². The lowest BCUT2D eigenvalue weighted by molar-refractivity contribution is -0.141. The monoisotopic (exact) mass is 353 g/mol. The highest BCUT2D eigenvalue weighted by molar-refractivity contribution is 9.10. The summed E-state index contributed by atoms with van der Waals surface area (Å²) in [4.78, 5) is 26.2. The molecule has 5 heteroatoms. The summed E-state index contributed by atoms with van der Waals surface area (Å²) in [6.45, 7) is 5.32. The number of esters is 1. The van der Waals surface area contributed by atoms with E-state index >= 15 is 0 Å². The van der Waals surface area contributed by atoms with Gasteiger partial charge in [-0.2, -0.15) is 0 Å². The number of amides is 1. The van der Waals surface area contributed by atoms with Crippen LogP contribution in [0.25, 0.3) is 0 Å². The van der Waals surface area contributed by atoms with Crippen molar-refractivity contribution in [1.29, 1.82) is 0 Å². The maximum absolute atomic E-state index is 12.3. The van der Waals surface area contributed by atoms with Crippen LogP contribution in [0.5, 0.6) is 0 Å². The van der Waals surface area contributed by atoms with Crippen LogP contribution < -0.4 is 0 Å². The fourth-order valence-corrected chi connectivity index (χ4v) is 2.83. The molecule has 1 aromatic carbocycles. The lowest BCUT2D eigenvalue weighted by atomic mass is 9.99. The minimum Gasteiger partial charge on any atom is -0.449 e. The van der Waals surface area contributed by atoms with Crippen LogP contribution in [-0.2, 0) is 9.53 Å². The summed E-state index contributed by atoms with van der Waals surface area (Å²) in [6.07, 6.45) is 1.27. The van der Waals surface area contributed by atoms with Crippen LogP contribution >= 0.6 is 15.9 Å². The average molecular weight is 354 g/mol. The number of halogens is 1. The van der Waals surface area contributed by atoms with E-state index in [0.29, 0.717) is 16.0 Å². The number of ether oxygens (including phenoxy) is 1. The van der Waals surface area contributed by atoms with Crippen LogP contribution in [0.4, 0.5) is 0 Å². The number of nitrogens with zero attached hydrogens (tertiary/aromatic N) is 1. The zero-order valence-electron chi connectivity index (χ0n) is 12.3. The van der Waals surface area contributed by atoms with Gasteiger partial charge in [0.25, 0.3) is 5.91 Å². The van der Waals surface area contributed by atoms with Gasteiger partial charge in [-0.25, -0.2) is 4.79 Å². The van der Waals surface area contributed by atoms with Gasteiger partial charge in [0, 0.05) is 17.6 Å². The second-order valence-corrected chi connectivity index (χ2v) is 6.39. The lowest BCUT2D eigenvalue weighted by Gasteiger charge is -2.31. The van der Waals surface area contributed by atoms with Crippen molar-refractivity contribution < 1.29 is 14.3 Å². The smallest absolute Gasteiger partial charge is 0.340 e. The molecule has 1 aliphatic rings. The Morgan fingerprint density at radius 1 is 1.29 bits per heavy atom. The Bertz CT molecular complexity index is 524. The zero-order chi connectivity index (χ0) is 15.4. The van der Waals surface area contributed by atoms with Gasteiger partial charge in [-0.15, -0.1) is 0 Å². The first-order chi connectivity index (χ1) is 9.99. The Morgan fingerprint density at radius 3 is 2.52 bits per heavy atom. The molecule has 1 heterocycles. The quantitative estimate of drug-likeness (QED) is 0.783. The van der Waals surface area contributed by atoms with Gasteiger partial charge in [0.2, 0.25) is 0 Å². The third-order valence-corrected chi connectivity index (χ3v) is 4.51. The molecule has 1 fully saturated rings. The summed E-state index contributed by atoms with van der Waals surface area (Å²) in [5, 5.41) is 0. The molecule has 1 amide bonds. The second-order valence-electron chi connectivity index (χ2n) is 5.54. The largest absolute Gasteiger partial charge is 0.449 e. The Morgan fingerprint density at radius 2 is 1.90 bits per heavy atom. The van der Waals surface area contributed by atoms with Gasteiger partial charge in [-0.05, 0) is 53.7 Å². The van der Waals surface area contributed by atoms with Crippen LogP contribution in [0.15, 0.2) is 28.7 Å². The van der Waals surface area contributed by atoms with Crippen molar-refractivity contribution >= 4 is 27.8 Å². The average Bonchev–Trinajstić information content (AvgIpc) is 2.47. The number of benzene rings is 1. The summed E-state index contributed by atoms with van der Waals surface area (Å²) < 4.78 is 5.97. The van der Waals surface area contributed by atoms with Gasteiger partial charge >= 0.3 is 5.97 Å². The molecule has 0 radical (unpaired) electrons. The first-order valence-corrected chi connectivity index (χ1v) is 8.02. The highest BCUT2D eigenvalue weighted by Crippen LogP contribution is 2.19. The molecule has 1 aliphatic heterocycles. The van der Waals surface area contributed by atoms with E-state index in [2.05, 4.69) is 22.9 Å². The van der Waals surface area contributed by atoms with Crippen molar-refractivity contribution in [1.82, 2.24) is 4.90 Å². The van der Waals surface area contributed by atoms with E-state index in [9.17, 15) is 9.59 Å². The Hall–Kier alpha value is -1.36. The first-order valence-electron chi connectivity index (χ1n) is 7.23. The van der Waals surface area contributed by atoms with Gasteiger partial charge in [0.1, 0.15) is 0 Å². The van der Waals surface area contributed by atoms with E-state index in [1.165, 1.54) is 0 Å². The number of rotatable bonds is 3. The van der Waals surface area contributed by atoms with E-state index in [1.807, 2.05) is 6.07 Å². The van der Waals surface area contributed by atoms with Crippen LogP contribution in [-0.4, -0.2) is 36.0 Å². The number of hydrogen-bond donors (Lipinski definition) is 0. The molecule has 0 N–H and O–H groups in total. The fraction of sp³-hybridized carbons (Fsp3) is 0.500. The molecule has 0 saturated carbocycles. The van der Waals surface area contributed by atoms with E-state index < -0.39 is 12.1 Å². The molecular weight excluding hydrogens is 334 g/mol. The number of carbonyl (C=O) groups excluding carboxylic acids is 2. The van der Waals surface area contributed by atoms with E-state index in [-0.39, 0.29) is 5.91 Å². The zero-order valence-corrected chi connectivity index (χ0v) is 13.9. The number of piperidine rings is 1. The first kappa shape index (κ1) is 16.0. The Balaban J connectivity index is 1.95. The van der Waals surface area contributed by atoms with E-state index in [4.69, 9.17) is 4.74 Å². The van der Waals surface area contributed by atoms with Crippen molar-refractivity contribution in [3.63, 3.8) is 0 Å². The molecule has 1 unspecified atom stereocenters. The van der Waals surface area contributed by atoms with E-state index in [1.54, 1.807) is 30.0 Å². The second kappa shape index (κ2) is 7.07. The normalized spacial score (nSPS) is 17.4. The molecule has 1 aromatic rings. The maximum Gasteiger partial charge on any atom is 0.340 e. The molecule has 0 aliphatic carbocycles. The number of hydrogen-bond acceptors (Lipinski definition) is 3. The highest BCUT2D eigenvalue weighted by atomic mass is 79.9. The van der Waals surface area contributed by atoms with Gasteiger partial charge in [0.05, 0.1) is 5.56 Å². The van der Waals surface area contributed by atoms with Gasteiger partial charge < -0.3 is 9.64 Å². The van der Waals surface area contributed by atoms with Crippen LogP contribution in [0.3, 0.4) is 0 Å². The predicted molar refractivity (Wildman–Crippen MR) is 84.0 cm³/mol. The topological polar surface area (TPSA) is 46.6 Å². The molecule has 0 aromatic heterocycles. The van der Waals surface area contributed by atoms with Crippen molar-refractivity contribution in [3.8, 4) is 0 Å². The number of likely N-dealkylation sites (tertiary alicyclic amines) is 1. The van der Waals surface area contributed by atoms with Crippen molar-refractivity contribution in [3.05, 3.63) is 34.3 Å². The summed E-state index contributed by atoms with van der Waals surface area (Å²) in [6, 6.07) is 7.03. The van der Waals surface area contributed by atoms with Crippen LogP contribution in [0, 0.1) is 5.92 Å². The summed E-state index contributed by atoms with van der Waals surface area (Å²) >= 11 is 3.31. The molecule has 1 saturated heterocycles. The minimum atomic E-state index is -0.752. The highest BCUT2D eigenvalue weighted by Gasteiger charge is 2.27. The molecule has 0 spiro atoms. The molecule has 114 valence electrons. The molecular formula is C16H20BrNO3. The number of carbonyl (C=O) groups is 2. The standard InChI is InChI=1S/C16H20BrNO3/c1-11-7-9-18(10-8-11)15(19)12(2)21-16(20)13-5-3-4-6-14(13)17/h3-6,11-12H,7-10H2,1-2H3. The molecule has 21 heavy (non-hydrogen) atoms. The maximum atomic E-state index is 12.3. The molecule has 4 nitrogen and oxygen atoms in total. The van der Waals surface area contributed by atoms with Crippen LogP contribution in [0.1, 0.15) is 37.0 Å². The van der Waals surface area contributed by atoms with Crippen LogP contribution in [0.2, 0.25) is 0 Å². The summed E-state index contributed by atoms with van der Waals surface area (Å²) in [5.41, 5.74) is 0.435.